The van der Waals surface area contributed by atoms with Crippen LogP contribution in [0.25, 0.3) is 0 Å². The number of thiophene rings is 1. The number of carbonyl (C=O) groups is 1. The number of carboxylic acids is 1. The van der Waals surface area contributed by atoms with Gasteiger partial charge in [-0.1, -0.05) is 11.6 Å². The van der Waals surface area contributed by atoms with E-state index in [1.165, 1.54) is 11.3 Å². The van der Waals surface area contributed by atoms with Gasteiger partial charge in [-0.15, -0.1) is 11.3 Å². The molecule has 1 aromatic heterocycles. The van der Waals surface area contributed by atoms with Crippen molar-refractivity contribution in [3.05, 3.63) is 21.3 Å². The molecule has 5 heteroatoms. The van der Waals surface area contributed by atoms with Crippen LogP contribution in [0.1, 0.15) is 17.3 Å². The highest BCUT2D eigenvalue weighted by Crippen LogP contribution is 2.25. The second-order valence-corrected chi connectivity index (χ2v) is 3.75. The predicted octanol–water partition coefficient (Wildman–Crippen LogP) is 1.88. The van der Waals surface area contributed by atoms with Gasteiger partial charge in [-0.25, -0.2) is 0 Å². The maximum atomic E-state index is 10.3. The van der Waals surface area contributed by atoms with Gasteiger partial charge in [-0.3, -0.25) is 4.79 Å². The Kier molecular flexibility index (Phi) is 3.08. The number of carboxylic acid groups (broad SMARTS) is 1. The van der Waals surface area contributed by atoms with Gasteiger partial charge < -0.3 is 10.8 Å². The van der Waals surface area contributed by atoms with E-state index in [4.69, 9.17) is 22.4 Å². The van der Waals surface area contributed by atoms with Crippen molar-refractivity contribution >= 4 is 28.9 Å². The average Bonchev–Trinajstić information content (AvgIpc) is 2.34. The van der Waals surface area contributed by atoms with E-state index in [-0.39, 0.29) is 6.42 Å². The van der Waals surface area contributed by atoms with Gasteiger partial charge in [0.05, 0.1) is 11.4 Å². The Morgan fingerprint density at radius 2 is 2.50 bits per heavy atom. The third kappa shape index (κ3) is 2.48. The van der Waals surface area contributed by atoms with Gasteiger partial charge in [0.2, 0.25) is 0 Å². The smallest absolute Gasteiger partial charge is 0.305 e. The van der Waals surface area contributed by atoms with Crippen LogP contribution in [0.5, 0.6) is 0 Å². The standard InChI is InChI=1S/C7H8ClNO2S/c8-4-1-6(12-3-4)5(9)2-7(10)11/h1,3,5H,2,9H2,(H,10,11)/t5-/m1/s1. The molecule has 1 atom stereocenters. The number of hydrogen-bond donors (Lipinski definition) is 2. The van der Waals surface area contributed by atoms with Crippen molar-refractivity contribution in [1.29, 1.82) is 0 Å². The van der Waals surface area contributed by atoms with Gasteiger partial charge in [0.1, 0.15) is 0 Å². The molecule has 0 saturated carbocycles. The minimum absolute atomic E-state index is 0.0587. The van der Waals surface area contributed by atoms with Crippen molar-refractivity contribution in [3.8, 4) is 0 Å². The molecule has 1 rings (SSSR count). The molecule has 0 unspecified atom stereocenters. The second kappa shape index (κ2) is 3.89. The summed E-state index contributed by atoms with van der Waals surface area (Å²) < 4.78 is 0. The van der Waals surface area contributed by atoms with E-state index in [2.05, 4.69) is 0 Å². The summed E-state index contributed by atoms with van der Waals surface area (Å²) in [7, 11) is 0. The van der Waals surface area contributed by atoms with E-state index < -0.39 is 12.0 Å². The third-order valence-corrected chi connectivity index (χ3v) is 2.76. The molecule has 3 nitrogen and oxygen atoms in total. The van der Waals surface area contributed by atoms with E-state index in [1.54, 1.807) is 11.4 Å². The molecule has 0 fully saturated rings. The molecule has 1 aromatic rings. The first-order valence-electron chi connectivity index (χ1n) is 3.31. The molecular weight excluding hydrogens is 198 g/mol. The van der Waals surface area contributed by atoms with Crippen LogP contribution >= 0.6 is 22.9 Å². The van der Waals surface area contributed by atoms with E-state index in [9.17, 15) is 4.79 Å². The van der Waals surface area contributed by atoms with Crippen LogP contribution in [-0.2, 0) is 4.79 Å². The van der Waals surface area contributed by atoms with Gasteiger partial charge in [0.15, 0.2) is 0 Å². The molecule has 12 heavy (non-hydrogen) atoms. The minimum Gasteiger partial charge on any atom is -0.481 e. The number of rotatable bonds is 3. The lowest BCUT2D eigenvalue weighted by Gasteiger charge is -2.04. The van der Waals surface area contributed by atoms with Crippen molar-refractivity contribution in [2.24, 2.45) is 5.73 Å². The van der Waals surface area contributed by atoms with E-state index in [0.717, 1.165) is 4.88 Å². The monoisotopic (exact) mass is 205 g/mol. The molecule has 0 amide bonds. The van der Waals surface area contributed by atoms with Crippen LogP contribution < -0.4 is 5.73 Å². The molecular formula is C7H8ClNO2S. The topological polar surface area (TPSA) is 63.3 Å². The van der Waals surface area contributed by atoms with Gasteiger partial charge in [0, 0.05) is 16.3 Å². The maximum absolute atomic E-state index is 10.3. The Morgan fingerprint density at radius 3 is 2.92 bits per heavy atom. The highest BCUT2D eigenvalue weighted by molar-refractivity contribution is 7.10. The SMILES string of the molecule is N[C@H](CC(=O)O)c1cc(Cl)cs1. The van der Waals surface area contributed by atoms with E-state index in [1.807, 2.05) is 0 Å². The van der Waals surface area contributed by atoms with E-state index >= 15 is 0 Å². The Labute approximate surface area is 78.8 Å². The molecule has 1 heterocycles. The maximum Gasteiger partial charge on any atom is 0.305 e. The Balaban J connectivity index is 2.64. The summed E-state index contributed by atoms with van der Waals surface area (Å²) >= 11 is 7.03. The molecule has 0 aliphatic heterocycles. The number of hydrogen-bond acceptors (Lipinski definition) is 3. The second-order valence-electron chi connectivity index (χ2n) is 2.37. The zero-order chi connectivity index (χ0) is 9.14. The molecule has 66 valence electrons. The first-order valence-corrected chi connectivity index (χ1v) is 4.56. The molecule has 0 aliphatic carbocycles. The largest absolute Gasteiger partial charge is 0.481 e. The average molecular weight is 206 g/mol. The van der Waals surface area contributed by atoms with Gasteiger partial charge in [-0.2, -0.15) is 0 Å². The van der Waals surface area contributed by atoms with Crippen LogP contribution in [0.15, 0.2) is 11.4 Å². The molecule has 0 radical (unpaired) electrons. The van der Waals surface area contributed by atoms with Gasteiger partial charge >= 0.3 is 5.97 Å². The first-order chi connectivity index (χ1) is 5.59. The zero-order valence-corrected chi connectivity index (χ0v) is 7.73. The van der Waals surface area contributed by atoms with Crippen LogP contribution in [0, 0.1) is 0 Å². The summed E-state index contributed by atoms with van der Waals surface area (Å²) in [6.45, 7) is 0. The summed E-state index contributed by atoms with van der Waals surface area (Å²) in [5.41, 5.74) is 5.58. The fraction of sp³-hybridized carbons (Fsp3) is 0.286. The number of aliphatic carboxylic acids is 1. The van der Waals surface area contributed by atoms with Crippen molar-refractivity contribution in [1.82, 2.24) is 0 Å². The Morgan fingerprint density at radius 1 is 1.83 bits per heavy atom. The summed E-state index contributed by atoms with van der Waals surface area (Å²) in [5.74, 6) is -0.896. The Bertz CT molecular complexity index is 287. The summed E-state index contributed by atoms with van der Waals surface area (Å²) in [4.78, 5) is 11.1. The van der Waals surface area contributed by atoms with Crippen molar-refractivity contribution in [2.45, 2.75) is 12.5 Å². The van der Waals surface area contributed by atoms with Crippen molar-refractivity contribution < 1.29 is 9.90 Å². The highest BCUT2D eigenvalue weighted by atomic mass is 35.5. The summed E-state index contributed by atoms with van der Waals surface area (Å²) in [6, 6.07) is 1.25. The molecule has 0 aliphatic rings. The van der Waals surface area contributed by atoms with Crippen LogP contribution in [0.3, 0.4) is 0 Å². The van der Waals surface area contributed by atoms with Crippen LogP contribution in [0.2, 0.25) is 5.02 Å². The zero-order valence-electron chi connectivity index (χ0n) is 6.16. The summed E-state index contributed by atoms with van der Waals surface area (Å²) in [5, 5.41) is 10.8. The Hall–Kier alpha value is -0.580. The highest BCUT2D eigenvalue weighted by Gasteiger charge is 2.12. The van der Waals surface area contributed by atoms with Gasteiger partial charge in [-0.05, 0) is 6.07 Å². The molecule has 0 saturated heterocycles. The molecule has 0 aromatic carbocycles. The van der Waals surface area contributed by atoms with Gasteiger partial charge in [0.25, 0.3) is 0 Å². The quantitative estimate of drug-likeness (QED) is 0.792. The minimum atomic E-state index is -0.896. The normalized spacial score (nSPS) is 12.8. The van der Waals surface area contributed by atoms with Crippen LogP contribution in [0.4, 0.5) is 0 Å². The number of nitrogens with two attached hydrogens (primary N) is 1. The molecule has 0 bridgehead atoms. The lowest BCUT2D eigenvalue weighted by Crippen LogP contribution is -2.13. The first kappa shape index (κ1) is 9.51. The lowest BCUT2D eigenvalue weighted by atomic mass is 10.2. The fourth-order valence-electron chi connectivity index (χ4n) is 0.811. The summed E-state index contributed by atoms with van der Waals surface area (Å²) in [6.07, 6.45) is -0.0587. The third-order valence-electron chi connectivity index (χ3n) is 1.35. The lowest BCUT2D eigenvalue weighted by molar-refractivity contribution is -0.137. The predicted molar refractivity (Wildman–Crippen MR) is 48.5 cm³/mol. The molecule has 3 N–H and O–H groups in total. The number of halogens is 1. The molecule has 0 spiro atoms. The van der Waals surface area contributed by atoms with Crippen molar-refractivity contribution in [2.75, 3.05) is 0 Å². The van der Waals surface area contributed by atoms with E-state index in [0.29, 0.717) is 5.02 Å². The fourth-order valence-corrected chi connectivity index (χ4v) is 1.90. The van der Waals surface area contributed by atoms with Crippen molar-refractivity contribution in [3.63, 3.8) is 0 Å². The van der Waals surface area contributed by atoms with Crippen LogP contribution in [-0.4, -0.2) is 11.1 Å².